The topological polar surface area (TPSA) is 23.1 Å². The molecule has 0 amide bonds. The van der Waals surface area contributed by atoms with E-state index in [4.69, 9.17) is 11.6 Å². The van der Waals surface area contributed by atoms with E-state index in [2.05, 4.69) is 0 Å². The molecule has 0 saturated heterocycles. The van der Waals surface area contributed by atoms with Gasteiger partial charge in [-0.2, -0.15) is 0 Å². The Morgan fingerprint density at radius 1 is 1.11 bits per heavy atom. The van der Waals surface area contributed by atoms with Crippen molar-refractivity contribution >= 4 is 11.6 Å². The SMILES string of the molecule is [Na+].[O-]c1ccc(Cl)cc1. The van der Waals surface area contributed by atoms with Gasteiger partial charge < -0.3 is 5.11 Å². The Labute approximate surface area is 80.9 Å². The second-order valence-corrected chi connectivity index (χ2v) is 1.89. The van der Waals surface area contributed by atoms with E-state index in [0.29, 0.717) is 5.02 Å². The van der Waals surface area contributed by atoms with Crippen molar-refractivity contribution in [3.63, 3.8) is 0 Å². The molecule has 0 saturated carbocycles. The summed E-state index contributed by atoms with van der Waals surface area (Å²) >= 11 is 5.47. The Bertz CT molecular complexity index is 152. The molecule has 0 N–H and O–H groups in total. The first-order chi connectivity index (χ1) is 3.79. The number of benzene rings is 1. The molecular weight excluding hydrogens is 147 g/mol. The van der Waals surface area contributed by atoms with Gasteiger partial charge in [0.15, 0.2) is 0 Å². The van der Waals surface area contributed by atoms with Crippen LogP contribution < -0.4 is 34.7 Å². The first-order valence-corrected chi connectivity index (χ1v) is 2.59. The summed E-state index contributed by atoms with van der Waals surface area (Å²) in [7, 11) is 0. The molecule has 3 heteroatoms. The molecule has 42 valence electrons. The normalized spacial score (nSPS) is 8.11. The second-order valence-electron chi connectivity index (χ2n) is 1.45. The summed E-state index contributed by atoms with van der Waals surface area (Å²) in [6, 6.07) is 6.01. The molecular formula is C6H4ClNaO. The summed E-state index contributed by atoms with van der Waals surface area (Å²) in [6.07, 6.45) is 0. The Kier molecular flexibility index (Phi) is 4.32. The van der Waals surface area contributed by atoms with Gasteiger partial charge in [0.2, 0.25) is 0 Å². The van der Waals surface area contributed by atoms with Gasteiger partial charge in [-0.05, 0) is 12.1 Å². The zero-order chi connectivity index (χ0) is 5.98. The number of rotatable bonds is 0. The molecule has 0 bridgehead atoms. The predicted molar refractivity (Wildman–Crippen MR) is 30.9 cm³/mol. The molecule has 0 spiro atoms. The van der Waals surface area contributed by atoms with Crippen molar-refractivity contribution in [2.24, 2.45) is 0 Å². The van der Waals surface area contributed by atoms with Crippen molar-refractivity contribution in [2.45, 2.75) is 0 Å². The van der Waals surface area contributed by atoms with Crippen LogP contribution in [0.1, 0.15) is 0 Å². The van der Waals surface area contributed by atoms with Crippen LogP contribution >= 0.6 is 11.6 Å². The van der Waals surface area contributed by atoms with Crippen molar-refractivity contribution in [3.05, 3.63) is 29.3 Å². The summed E-state index contributed by atoms with van der Waals surface area (Å²) in [4.78, 5) is 0. The van der Waals surface area contributed by atoms with Crippen LogP contribution in [0.5, 0.6) is 5.75 Å². The van der Waals surface area contributed by atoms with Gasteiger partial charge in [0.25, 0.3) is 0 Å². The van der Waals surface area contributed by atoms with Crippen molar-refractivity contribution in [3.8, 4) is 5.75 Å². The zero-order valence-corrected chi connectivity index (χ0v) is 7.85. The Hall–Kier alpha value is 0.310. The third-order valence-corrected chi connectivity index (χ3v) is 1.07. The van der Waals surface area contributed by atoms with Gasteiger partial charge in [0.1, 0.15) is 0 Å². The number of hydrogen-bond acceptors (Lipinski definition) is 1. The van der Waals surface area contributed by atoms with Crippen LogP contribution in [0.15, 0.2) is 24.3 Å². The average molecular weight is 151 g/mol. The standard InChI is InChI=1S/C6H5ClO.Na/c7-5-1-3-6(8)4-2-5;/h1-4,8H;/q;+1/p-1. The molecule has 9 heavy (non-hydrogen) atoms. The van der Waals surface area contributed by atoms with Gasteiger partial charge in [-0.1, -0.05) is 23.7 Å². The molecule has 0 unspecified atom stereocenters. The van der Waals surface area contributed by atoms with E-state index in [9.17, 15) is 5.11 Å². The molecule has 0 heterocycles. The van der Waals surface area contributed by atoms with Crippen LogP contribution in [-0.2, 0) is 0 Å². The van der Waals surface area contributed by atoms with E-state index in [1.165, 1.54) is 12.1 Å². The quantitative estimate of drug-likeness (QED) is 0.410. The predicted octanol–water partition coefficient (Wildman–Crippen LogP) is -1.58. The van der Waals surface area contributed by atoms with Gasteiger partial charge in [-0.15, -0.1) is 5.75 Å². The van der Waals surface area contributed by atoms with Crippen LogP contribution in [0.25, 0.3) is 0 Å². The van der Waals surface area contributed by atoms with Crippen LogP contribution in [-0.4, -0.2) is 0 Å². The summed E-state index contributed by atoms with van der Waals surface area (Å²) in [5, 5.41) is 11.0. The molecule has 0 fully saturated rings. The maximum atomic E-state index is 10.4. The fourth-order valence-electron chi connectivity index (χ4n) is 0.435. The smallest absolute Gasteiger partial charge is 0.872 e. The number of halogens is 1. The maximum absolute atomic E-state index is 10.4. The van der Waals surface area contributed by atoms with Crippen molar-refractivity contribution < 1.29 is 34.7 Å². The minimum absolute atomic E-state index is 0. The minimum atomic E-state index is -0.00519. The minimum Gasteiger partial charge on any atom is -0.872 e. The molecule has 0 radical (unpaired) electrons. The Balaban J connectivity index is 0.000000640. The van der Waals surface area contributed by atoms with Gasteiger partial charge >= 0.3 is 29.6 Å². The fourth-order valence-corrected chi connectivity index (χ4v) is 0.561. The van der Waals surface area contributed by atoms with Gasteiger partial charge in [-0.3, -0.25) is 0 Å². The molecule has 1 rings (SSSR count). The molecule has 0 aliphatic carbocycles. The van der Waals surface area contributed by atoms with E-state index in [0.717, 1.165) is 0 Å². The molecule has 0 atom stereocenters. The summed E-state index contributed by atoms with van der Waals surface area (Å²) in [5.74, 6) is -0.00519. The maximum Gasteiger partial charge on any atom is 1.00 e. The van der Waals surface area contributed by atoms with E-state index < -0.39 is 0 Å². The average Bonchev–Trinajstić information content (AvgIpc) is 1.77. The third kappa shape index (κ3) is 3.11. The molecule has 0 aliphatic rings. The Morgan fingerprint density at radius 2 is 1.56 bits per heavy atom. The largest absolute Gasteiger partial charge is 1.00 e. The third-order valence-electron chi connectivity index (χ3n) is 0.814. The summed E-state index contributed by atoms with van der Waals surface area (Å²) in [5.41, 5.74) is 0. The van der Waals surface area contributed by atoms with E-state index in [-0.39, 0.29) is 35.3 Å². The zero-order valence-electron chi connectivity index (χ0n) is 5.10. The molecule has 1 aromatic rings. The van der Waals surface area contributed by atoms with Crippen molar-refractivity contribution in [2.75, 3.05) is 0 Å². The van der Waals surface area contributed by atoms with E-state index in [1.54, 1.807) is 12.1 Å². The van der Waals surface area contributed by atoms with E-state index in [1.807, 2.05) is 0 Å². The van der Waals surface area contributed by atoms with Crippen molar-refractivity contribution in [1.82, 2.24) is 0 Å². The molecule has 0 aromatic heterocycles. The van der Waals surface area contributed by atoms with Crippen molar-refractivity contribution in [1.29, 1.82) is 0 Å². The second kappa shape index (κ2) is 4.18. The van der Waals surface area contributed by atoms with Crippen LogP contribution in [0.4, 0.5) is 0 Å². The molecule has 1 aromatic carbocycles. The van der Waals surface area contributed by atoms with Crippen LogP contribution in [0.2, 0.25) is 5.02 Å². The summed E-state index contributed by atoms with van der Waals surface area (Å²) < 4.78 is 0. The van der Waals surface area contributed by atoms with Crippen LogP contribution in [0.3, 0.4) is 0 Å². The monoisotopic (exact) mass is 150 g/mol. The van der Waals surface area contributed by atoms with Gasteiger partial charge in [0.05, 0.1) is 0 Å². The first-order valence-electron chi connectivity index (χ1n) is 2.21. The number of hydrogen-bond donors (Lipinski definition) is 0. The summed E-state index contributed by atoms with van der Waals surface area (Å²) in [6.45, 7) is 0. The Morgan fingerprint density at radius 3 is 1.89 bits per heavy atom. The molecule has 1 nitrogen and oxygen atoms in total. The fraction of sp³-hybridized carbons (Fsp3) is 0. The first kappa shape index (κ1) is 9.31. The van der Waals surface area contributed by atoms with E-state index >= 15 is 0 Å². The van der Waals surface area contributed by atoms with Gasteiger partial charge in [-0.25, -0.2) is 0 Å². The van der Waals surface area contributed by atoms with Gasteiger partial charge in [0, 0.05) is 5.02 Å². The molecule has 0 aliphatic heterocycles. The van der Waals surface area contributed by atoms with Crippen LogP contribution in [0, 0.1) is 0 Å².